The van der Waals surface area contributed by atoms with Crippen molar-refractivity contribution >= 4 is 11.8 Å². The molecule has 0 unspecified atom stereocenters. The van der Waals surface area contributed by atoms with Crippen LogP contribution in [0.3, 0.4) is 0 Å². The number of nitrogens with one attached hydrogen (secondary N) is 1. The molecule has 2 N–H and O–H groups in total. The second kappa shape index (κ2) is 10.4. The standard InChI is InChI=1S/C25H25NO4/c1-18-14-20(12-13-23(18)27)15-22(25(29)30-17-19-8-4-2-5-9-19)26-16-24(28)21-10-6-3-7-11-21/h2-14,22,26-27H,15-17H2,1H3/t22-/m0/s1. The van der Waals surface area contributed by atoms with Crippen molar-refractivity contribution in [2.24, 2.45) is 0 Å². The predicted octanol–water partition coefficient (Wildman–Crippen LogP) is 3.83. The van der Waals surface area contributed by atoms with E-state index in [1.165, 1.54) is 0 Å². The number of rotatable bonds is 9. The number of benzene rings is 3. The van der Waals surface area contributed by atoms with Gasteiger partial charge in [-0.05, 0) is 36.1 Å². The molecule has 30 heavy (non-hydrogen) atoms. The zero-order valence-corrected chi connectivity index (χ0v) is 16.9. The Bertz CT molecular complexity index is 987. The van der Waals surface area contributed by atoms with Gasteiger partial charge in [0, 0.05) is 5.56 Å². The lowest BCUT2D eigenvalue weighted by Gasteiger charge is -2.18. The first-order chi connectivity index (χ1) is 14.5. The van der Waals surface area contributed by atoms with Gasteiger partial charge in [-0.2, -0.15) is 0 Å². The van der Waals surface area contributed by atoms with Crippen LogP contribution in [0.25, 0.3) is 0 Å². The van der Waals surface area contributed by atoms with Crippen LogP contribution >= 0.6 is 0 Å². The molecule has 3 aromatic rings. The van der Waals surface area contributed by atoms with Gasteiger partial charge in [0.25, 0.3) is 0 Å². The number of carbonyl (C=O) groups is 2. The summed E-state index contributed by atoms with van der Waals surface area (Å²) >= 11 is 0. The van der Waals surface area contributed by atoms with Crippen molar-refractivity contribution in [2.75, 3.05) is 6.54 Å². The first-order valence-corrected chi connectivity index (χ1v) is 9.83. The Hall–Kier alpha value is -3.44. The summed E-state index contributed by atoms with van der Waals surface area (Å²) in [7, 11) is 0. The van der Waals surface area contributed by atoms with Crippen LogP contribution in [-0.2, 0) is 22.6 Å². The maximum atomic E-state index is 12.8. The highest BCUT2D eigenvalue weighted by molar-refractivity contribution is 5.97. The molecule has 1 atom stereocenters. The molecular weight excluding hydrogens is 378 g/mol. The fourth-order valence-corrected chi connectivity index (χ4v) is 3.09. The first-order valence-electron chi connectivity index (χ1n) is 9.83. The molecule has 0 spiro atoms. The average Bonchev–Trinajstić information content (AvgIpc) is 2.78. The van der Waals surface area contributed by atoms with Crippen LogP contribution in [0.5, 0.6) is 5.75 Å². The van der Waals surface area contributed by atoms with Crippen molar-refractivity contribution in [3.8, 4) is 5.75 Å². The molecule has 0 aromatic heterocycles. The number of Topliss-reactive ketones (excluding diaryl/α,β-unsaturated/α-hetero) is 1. The van der Waals surface area contributed by atoms with E-state index in [0.717, 1.165) is 16.7 Å². The molecule has 5 nitrogen and oxygen atoms in total. The fourth-order valence-electron chi connectivity index (χ4n) is 3.09. The topological polar surface area (TPSA) is 75.6 Å². The molecule has 0 aliphatic heterocycles. The van der Waals surface area contributed by atoms with Crippen LogP contribution in [-0.4, -0.2) is 29.4 Å². The van der Waals surface area contributed by atoms with Gasteiger partial charge in [-0.1, -0.05) is 72.8 Å². The van der Waals surface area contributed by atoms with Crippen molar-refractivity contribution in [1.29, 1.82) is 0 Å². The van der Waals surface area contributed by atoms with Crippen molar-refractivity contribution in [3.05, 3.63) is 101 Å². The van der Waals surface area contributed by atoms with E-state index in [4.69, 9.17) is 4.74 Å². The Kier molecular flexibility index (Phi) is 7.35. The number of hydrogen-bond donors (Lipinski definition) is 2. The third-order valence-corrected chi connectivity index (χ3v) is 4.81. The average molecular weight is 403 g/mol. The Morgan fingerprint density at radius 1 is 0.933 bits per heavy atom. The van der Waals surface area contributed by atoms with Gasteiger partial charge >= 0.3 is 5.97 Å². The van der Waals surface area contributed by atoms with E-state index in [9.17, 15) is 14.7 Å². The highest BCUT2D eigenvalue weighted by Gasteiger charge is 2.22. The summed E-state index contributed by atoms with van der Waals surface area (Å²) in [5.74, 6) is -0.321. The van der Waals surface area contributed by atoms with E-state index >= 15 is 0 Å². The molecule has 3 aromatic carbocycles. The quantitative estimate of drug-likeness (QED) is 0.420. The number of ketones is 1. The summed E-state index contributed by atoms with van der Waals surface area (Å²) in [6, 6.07) is 22.9. The van der Waals surface area contributed by atoms with Crippen molar-refractivity contribution < 1.29 is 19.4 Å². The number of aromatic hydroxyl groups is 1. The lowest BCUT2D eigenvalue weighted by atomic mass is 10.0. The van der Waals surface area contributed by atoms with E-state index in [1.807, 2.05) is 42.5 Å². The summed E-state index contributed by atoms with van der Waals surface area (Å²) < 4.78 is 5.49. The van der Waals surface area contributed by atoms with Crippen LogP contribution < -0.4 is 5.32 Å². The smallest absolute Gasteiger partial charge is 0.323 e. The van der Waals surface area contributed by atoms with Gasteiger partial charge in [-0.3, -0.25) is 14.9 Å². The molecule has 0 saturated carbocycles. The minimum Gasteiger partial charge on any atom is -0.508 e. The maximum absolute atomic E-state index is 12.8. The lowest BCUT2D eigenvalue weighted by Crippen LogP contribution is -2.42. The predicted molar refractivity (Wildman–Crippen MR) is 115 cm³/mol. The highest BCUT2D eigenvalue weighted by atomic mass is 16.5. The molecule has 0 bridgehead atoms. The van der Waals surface area contributed by atoms with Gasteiger partial charge in [0.05, 0.1) is 6.54 Å². The zero-order valence-electron chi connectivity index (χ0n) is 16.9. The largest absolute Gasteiger partial charge is 0.508 e. The molecule has 0 aliphatic rings. The highest BCUT2D eigenvalue weighted by Crippen LogP contribution is 2.18. The number of ether oxygens (including phenoxy) is 1. The Labute approximate surface area is 176 Å². The van der Waals surface area contributed by atoms with Crippen LogP contribution in [0.2, 0.25) is 0 Å². The summed E-state index contributed by atoms with van der Waals surface area (Å²) in [6.07, 6.45) is 0.344. The monoisotopic (exact) mass is 403 g/mol. The molecule has 3 rings (SSSR count). The van der Waals surface area contributed by atoms with E-state index in [1.54, 1.807) is 43.3 Å². The molecule has 0 fully saturated rings. The maximum Gasteiger partial charge on any atom is 0.323 e. The molecular formula is C25H25NO4. The third kappa shape index (κ3) is 6.03. The van der Waals surface area contributed by atoms with E-state index in [2.05, 4.69) is 5.32 Å². The summed E-state index contributed by atoms with van der Waals surface area (Å²) in [6.45, 7) is 1.99. The van der Waals surface area contributed by atoms with Gasteiger partial charge < -0.3 is 9.84 Å². The molecule has 0 amide bonds. The normalized spacial score (nSPS) is 11.6. The van der Waals surface area contributed by atoms with E-state index in [0.29, 0.717) is 12.0 Å². The van der Waals surface area contributed by atoms with Gasteiger partial charge in [-0.25, -0.2) is 0 Å². The van der Waals surface area contributed by atoms with Crippen LogP contribution in [0.15, 0.2) is 78.9 Å². The molecule has 154 valence electrons. The lowest BCUT2D eigenvalue weighted by molar-refractivity contribution is -0.147. The summed E-state index contributed by atoms with van der Waals surface area (Å²) in [5, 5.41) is 12.8. The Morgan fingerprint density at radius 2 is 1.60 bits per heavy atom. The molecule has 0 heterocycles. The fraction of sp³-hybridized carbons (Fsp3) is 0.200. The van der Waals surface area contributed by atoms with Gasteiger partial charge in [0.1, 0.15) is 18.4 Å². The SMILES string of the molecule is Cc1cc(C[C@H](NCC(=O)c2ccccc2)C(=O)OCc2ccccc2)ccc1O. The number of hydrogen-bond acceptors (Lipinski definition) is 5. The minimum atomic E-state index is -0.690. The third-order valence-electron chi connectivity index (χ3n) is 4.81. The number of phenolic OH excluding ortho intramolecular Hbond substituents is 1. The molecule has 0 radical (unpaired) electrons. The van der Waals surface area contributed by atoms with Gasteiger partial charge in [-0.15, -0.1) is 0 Å². The van der Waals surface area contributed by atoms with E-state index < -0.39 is 12.0 Å². The second-order valence-electron chi connectivity index (χ2n) is 7.14. The first kappa shape index (κ1) is 21.3. The molecule has 0 saturated heterocycles. The van der Waals surface area contributed by atoms with Crippen molar-refractivity contribution in [1.82, 2.24) is 5.32 Å². The summed E-state index contributed by atoms with van der Waals surface area (Å²) in [5.41, 5.74) is 3.07. The zero-order chi connectivity index (χ0) is 21.3. The van der Waals surface area contributed by atoms with Crippen LogP contribution in [0.1, 0.15) is 27.0 Å². The molecule has 5 heteroatoms. The van der Waals surface area contributed by atoms with E-state index in [-0.39, 0.29) is 24.7 Å². The summed E-state index contributed by atoms with van der Waals surface area (Å²) in [4.78, 5) is 25.2. The van der Waals surface area contributed by atoms with Crippen LogP contribution in [0, 0.1) is 6.92 Å². The number of phenols is 1. The second-order valence-corrected chi connectivity index (χ2v) is 7.14. The Morgan fingerprint density at radius 3 is 2.27 bits per heavy atom. The number of carbonyl (C=O) groups excluding carboxylic acids is 2. The minimum absolute atomic E-state index is 0.0200. The van der Waals surface area contributed by atoms with Crippen molar-refractivity contribution in [2.45, 2.75) is 26.0 Å². The van der Waals surface area contributed by atoms with Crippen molar-refractivity contribution in [3.63, 3.8) is 0 Å². The molecule has 0 aliphatic carbocycles. The number of esters is 1. The van der Waals surface area contributed by atoms with Gasteiger partial charge in [0.2, 0.25) is 0 Å². The van der Waals surface area contributed by atoms with Gasteiger partial charge in [0.15, 0.2) is 5.78 Å². The number of aryl methyl sites for hydroxylation is 1. The van der Waals surface area contributed by atoms with Crippen LogP contribution in [0.4, 0.5) is 0 Å². The Balaban J connectivity index is 1.68.